The first-order valence-corrected chi connectivity index (χ1v) is 7.38. The highest BCUT2D eigenvalue weighted by Crippen LogP contribution is 2.19. The summed E-state index contributed by atoms with van der Waals surface area (Å²) in [4.78, 5) is 1.28. The van der Waals surface area contributed by atoms with Gasteiger partial charge in [0.2, 0.25) is 0 Å². The molecule has 100 valence electrons. The zero-order valence-electron chi connectivity index (χ0n) is 11.1. The minimum absolute atomic E-state index is 0.551. The van der Waals surface area contributed by atoms with E-state index in [1.54, 1.807) is 0 Å². The fourth-order valence-corrected chi connectivity index (χ4v) is 2.45. The van der Waals surface area contributed by atoms with Crippen molar-refractivity contribution in [2.24, 2.45) is 5.73 Å². The molecule has 0 bridgehead atoms. The van der Waals surface area contributed by atoms with E-state index < -0.39 is 0 Å². The molecule has 0 aliphatic heterocycles. The summed E-state index contributed by atoms with van der Waals surface area (Å²) in [5.41, 5.74) is 7.99. The van der Waals surface area contributed by atoms with E-state index >= 15 is 0 Å². The van der Waals surface area contributed by atoms with E-state index in [2.05, 4.69) is 31.2 Å². The van der Waals surface area contributed by atoms with Gasteiger partial charge in [0.25, 0.3) is 0 Å². The number of hydrogen-bond acceptors (Lipinski definition) is 3. The highest BCUT2D eigenvalue weighted by Gasteiger charge is 1.97. The standard InChI is InChI=1S/C16H19NOS/c1-13-5-7-16(8-6-13)19-10-9-18-15-4-2-3-14(11-15)12-17/h2-8,11H,9-10,12,17H2,1H3. The molecule has 0 spiro atoms. The van der Waals surface area contributed by atoms with Crippen LogP contribution >= 0.6 is 11.8 Å². The number of hydrogen-bond donors (Lipinski definition) is 1. The summed E-state index contributed by atoms with van der Waals surface area (Å²) < 4.78 is 5.72. The van der Waals surface area contributed by atoms with Gasteiger partial charge >= 0.3 is 0 Å². The number of rotatable bonds is 6. The summed E-state index contributed by atoms with van der Waals surface area (Å²) in [6, 6.07) is 16.5. The van der Waals surface area contributed by atoms with Gasteiger partial charge in [-0.15, -0.1) is 11.8 Å². The van der Waals surface area contributed by atoms with Gasteiger partial charge in [0.1, 0.15) is 5.75 Å². The van der Waals surface area contributed by atoms with Crippen LogP contribution in [0.25, 0.3) is 0 Å². The first-order valence-electron chi connectivity index (χ1n) is 6.39. The number of aryl methyl sites for hydroxylation is 1. The molecule has 0 fully saturated rings. The van der Waals surface area contributed by atoms with Crippen LogP contribution in [0.4, 0.5) is 0 Å². The molecule has 2 N–H and O–H groups in total. The van der Waals surface area contributed by atoms with Crippen molar-refractivity contribution in [3.8, 4) is 5.75 Å². The third-order valence-corrected chi connectivity index (χ3v) is 3.75. The summed E-state index contributed by atoms with van der Waals surface area (Å²) in [6.45, 7) is 3.35. The van der Waals surface area contributed by atoms with Gasteiger partial charge in [0.15, 0.2) is 0 Å². The molecule has 0 aliphatic carbocycles. The molecule has 3 heteroatoms. The van der Waals surface area contributed by atoms with Crippen LogP contribution in [0.3, 0.4) is 0 Å². The Hall–Kier alpha value is -1.45. The van der Waals surface area contributed by atoms with E-state index in [1.807, 2.05) is 36.0 Å². The third-order valence-electron chi connectivity index (χ3n) is 2.78. The molecule has 0 saturated carbocycles. The predicted octanol–water partition coefficient (Wildman–Crippen LogP) is 3.62. The van der Waals surface area contributed by atoms with Gasteiger partial charge in [-0.05, 0) is 36.8 Å². The SMILES string of the molecule is Cc1ccc(SCCOc2cccc(CN)c2)cc1. The number of benzene rings is 2. The summed E-state index contributed by atoms with van der Waals surface area (Å²) in [5, 5.41) is 0. The van der Waals surface area contributed by atoms with Crippen LogP contribution in [-0.4, -0.2) is 12.4 Å². The molecular weight excluding hydrogens is 254 g/mol. The van der Waals surface area contributed by atoms with Crippen LogP contribution in [0, 0.1) is 6.92 Å². The summed E-state index contributed by atoms with van der Waals surface area (Å²) in [6.07, 6.45) is 0. The topological polar surface area (TPSA) is 35.2 Å². The maximum atomic E-state index is 5.72. The smallest absolute Gasteiger partial charge is 0.119 e. The van der Waals surface area contributed by atoms with Crippen molar-refractivity contribution in [2.75, 3.05) is 12.4 Å². The van der Waals surface area contributed by atoms with E-state index in [0.29, 0.717) is 13.2 Å². The number of nitrogens with two attached hydrogens (primary N) is 1. The largest absolute Gasteiger partial charge is 0.493 e. The van der Waals surface area contributed by atoms with Gasteiger partial charge in [-0.25, -0.2) is 0 Å². The molecule has 19 heavy (non-hydrogen) atoms. The Kier molecular flexibility index (Phi) is 5.31. The van der Waals surface area contributed by atoms with Crippen molar-refractivity contribution in [1.29, 1.82) is 0 Å². The molecule has 0 atom stereocenters. The quantitative estimate of drug-likeness (QED) is 0.645. The zero-order chi connectivity index (χ0) is 13.5. The Balaban J connectivity index is 1.75. The Morgan fingerprint density at radius 1 is 1.11 bits per heavy atom. The lowest BCUT2D eigenvalue weighted by molar-refractivity contribution is 0.343. The lowest BCUT2D eigenvalue weighted by Crippen LogP contribution is -2.01. The second-order valence-corrected chi connectivity index (χ2v) is 5.53. The fraction of sp³-hybridized carbons (Fsp3) is 0.250. The van der Waals surface area contributed by atoms with Crippen molar-refractivity contribution < 1.29 is 4.74 Å². The summed E-state index contributed by atoms with van der Waals surface area (Å²) in [7, 11) is 0. The van der Waals surface area contributed by atoms with Gasteiger partial charge in [-0.2, -0.15) is 0 Å². The Labute approximate surface area is 119 Å². The van der Waals surface area contributed by atoms with E-state index in [9.17, 15) is 0 Å². The minimum atomic E-state index is 0.551. The van der Waals surface area contributed by atoms with E-state index in [-0.39, 0.29) is 0 Å². The van der Waals surface area contributed by atoms with Gasteiger partial charge in [0, 0.05) is 17.2 Å². The molecule has 2 aromatic carbocycles. The molecular formula is C16H19NOS. The molecule has 0 saturated heterocycles. The number of thioether (sulfide) groups is 1. The Bertz CT molecular complexity index is 510. The van der Waals surface area contributed by atoms with E-state index in [0.717, 1.165) is 17.1 Å². The van der Waals surface area contributed by atoms with Crippen molar-refractivity contribution in [3.63, 3.8) is 0 Å². The molecule has 2 rings (SSSR count). The van der Waals surface area contributed by atoms with Gasteiger partial charge < -0.3 is 10.5 Å². The second-order valence-electron chi connectivity index (χ2n) is 4.36. The first kappa shape index (κ1) is 14.0. The Morgan fingerprint density at radius 2 is 1.89 bits per heavy atom. The fourth-order valence-electron chi connectivity index (χ4n) is 1.72. The maximum absolute atomic E-state index is 5.72. The zero-order valence-corrected chi connectivity index (χ0v) is 12.0. The van der Waals surface area contributed by atoms with E-state index in [4.69, 9.17) is 10.5 Å². The third kappa shape index (κ3) is 4.62. The maximum Gasteiger partial charge on any atom is 0.119 e. The average molecular weight is 273 g/mol. The molecule has 2 aromatic rings. The Morgan fingerprint density at radius 3 is 2.63 bits per heavy atom. The van der Waals surface area contributed by atoms with Crippen LogP contribution < -0.4 is 10.5 Å². The van der Waals surface area contributed by atoms with Crippen LogP contribution in [0.1, 0.15) is 11.1 Å². The molecule has 0 radical (unpaired) electrons. The van der Waals surface area contributed by atoms with Crippen molar-refractivity contribution in [2.45, 2.75) is 18.4 Å². The summed E-state index contributed by atoms with van der Waals surface area (Å²) >= 11 is 1.81. The van der Waals surface area contributed by atoms with Crippen molar-refractivity contribution >= 4 is 11.8 Å². The van der Waals surface area contributed by atoms with Crippen LogP contribution in [0.15, 0.2) is 53.4 Å². The normalized spacial score (nSPS) is 10.4. The van der Waals surface area contributed by atoms with Crippen LogP contribution in [-0.2, 0) is 6.54 Å². The highest BCUT2D eigenvalue weighted by atomic mass is 32.2. The van der Waals surface area contributed by atoms with E-state index in [1.165, 1.54) is 10.5 Å². The monoisotopic (exact) mass is 273 g/mol. The highest BCUT2D eigenvalue weighted by molar-refractivity contribution is 7.99. The lowest BCUT2D eigenvalue weighted by Gasteiger charge is -2.07. The molecule has 2 nitrogen and oxygen atoms in total. The van der Waals surface area contributed by atoms with Gasteiger partial charge in [-0.3, -0.25) is 0 Å². The van der Waals surface area contributed by atoms with Crippen LogP contribution in [0.2, 0.25) is 0 Å². The molecule has 0 unspecified atom stereocenters. The molecule has 0 aliphatic rings. The first-order chi connectivity index (χ1) is 9.28. The molecule has 0 amide bonds. The van der Waals surface area contributed by atoms with Crippen molar-refractivity contribution in [1.82, 2.24) is 0 Å². The lowest BCUT2D eigenvalue weighted by atomic mass is 10.2. The summed E-state index contributed by atoms with van der Waals surface area (Å²) in [5.74, 6) is 1.84. The van der Waals surface area contributed by atoms with Crippen LogP contribution in [0.5, 0.6) is 5.75 Å². The van der Waals surface area contributed by atoms with Gasteiger partial charge in [-0.1, -0.05) is 29.8 Å². The predicted molar refractivity (Wildman–Crippen MR) is 81.7 cm³/mol. The average Bonchev–Trinajstić information content (AvgIpc) is 2.46. The van der Waals surface area contributed by atoms with Crippen molar-refractivity contribution in [3.05, 3.63) is 59.7 Å². The number of ether oxygens (including phenoxy) is 1. The van der Waals surface area contributed by atoms with Gasteiger partial charge in [0.05, 0.1) is 6.61 Å². The second kappa shape index (κ2) is 7.22. The molecule has 0 aromatic heterocycles. The molecule has 0 heterocycles. The minimum Gasteiger partial charge on any atom is -0.493 e.